The van der Waals surface area contributed by atoms with Gasteiger partial charge in [0, 0.05) is 11.8 Å². The summed E-state index contributed by atoms with van der Waals surface area (Å²) in [6, 6.07) is 0. The quantitative estimate of drug-likeness (QED) is 0.279. The van der Waals surface area contributed by atoms with Crippen molar-refractivity contribution in [3.05, 3.63) is 48.6 Å². The van der Waals surface area contributed by atoms with Crippen molar-refractivity contribution in [1.29, 1.82) is 0 Å². The summed E-state index contributed by atoms with van der Waals surface area (Å²) in [5, 5.41) is 8.60. The van der Waals surface area contributed by atoms with E-state index < -0.39 is 5.97 Å². The predicted octanol–water partition coefficient (Wildman–Crippen LogP) is 6.85. The Hall–Kier alpha value is -1.57. The first-order valence-corrected chi connectivity index (χ1v) is 9.35. The zero-order valence-corrected chi connectivity index (χ0v) is 15.8. The van der Waals surface area contributed by atoms with Gasteiger partial charge in [0.05, 0.1) is 0 Å². The van der Waals surface area contributed by atoms with E-state index in [1.54, 1.807) is 0 Å². The Labute approximate surface area is 149 Å². The molecule has 24 heavy (non-hydrogen) atoms. The number of unbranched alkanes of at least 4 members (excludes halogenated alkanes) is 4. The molecule has 1 N–H and O–H groups in total. The Bertz CT molecular complexity index is 425. The van der Waals surface area contributed by atoms with E-state index >= 15 is 0 Å². The Kier molecular flexibility index (Phi) is 14.0. The molecule has 0 aliphatic rings. The van der Waals surface area contributed by atoms with Crippen LogP contribution >= 0.6 is 0 Å². The van der Waals surface area contributed by atoms with E-state index in [0.717, 1.165) is 19.3 Å². The molecular weight excluding hydrogens is 296 g/mol. The molecule has 136 valence electrons. The van der Waals surface area contributed by atoms with Gasteiger partial charge in [-0.1, -0.05) is 82.2 Å². The van der Waals surface area contributed by atoms with Gasteiger partial charge in [-0.15, -0.1) is 0 Å². The molecule has 0 aromatic rings. The zero-order chi connectivity index (χ0) is 18.1. The van der Waals surface area contributed by atoms with Crippen molar-refractivity contribution in [1.82, 2.24) is 0 Å². The van der Waals surface area contributed by atoms with Gasteiger partial charge < -0.3 is 5.11 Å². The molecular formula is C22H36O2. The highest BCUT2D eigenvalue weighted by Gasteiger charge is 2.07. The smallest absolute Gasteiger partial charge is 0.303 e. The molecule has 0 spiro atoms. The van der Waals surface area contributed by atoms with Crippen molar-refractivity contribution in [2.75, 3.05) is 0 Å². The molecule has 0 aromatic heterocycles. The molecule has 0 saturated heterocycles. The van der Waals surface area contributed by atoms with Crippen LogP contribution in [0.25, 0.3) is 0 Å². The Morgan fingerprint density at radius 2 is 1.42 bits per heavy atom. The highest BCUT2D eigenvalue weighted by Crippen LogP contribution is 2.20. The van der Waals surface area contributed by atoms with Gasteiger partial charge in [-0.3, -0.25) is 4.79 Å². The SMILES string of the molecule is CCCCCC=CCC=CCC=CC(C)(C)C=CCCCC(=O)O. The maximum absolute atomic E-state index is 10.4. The van der Waals surface area contributed by atoms with E-state index in [0.29, 0.717) is 6.42 Å². The summed E-state index contributed by atoms with van der Waals surface area (Å²) in [5.41, 5.74) is 0.0241. The average molecular weight is 333 g/mol. The van der Waals surface area contributed by atoms with E-state index in [4.69, 9.17) is 5.11 Å². The minimum Gasteiger partial charge on any atom is -0.481 e. The predicted molar refractivity (Wildman–Crippen MR) is 105 cm³/mol. The third-order valence-corrected chi connectivity index (χ3v) is 3.71. The summed E-state index contributed by atoms with van der Waals surface area (Å²) < 4.78 is 0. The highest BCUT2D eigenvalue weighted by atomic mass is 16.4. The molecule has 0 unspecified atom stereocenters. The summed E-state index contributed by atoms with van der Waals surface area (Å²) in [6.07, 6.45) is 26.5. The molecule has 0 bridgehead atoms. The molecule has 0 aromatic carbocycles. The monoisotopic (exact) mass is 332 g/mol. The van der Waals surface area contributed by atoms with E-state index in [2.05, 4.69) is 69.4 Å². The Morgan fingerprint density at radius 1 is 0.833 bits per heavy atom. The summed E-state index contributed by atoms with van der Waals surface area (Å²) in [5.74, 6) is -0.717. The third kappa shape index (κ3) is 16.8. The fraction of sp³-hybridized carbons (Fsp3) is 0.591. The second-order valence-corrected chi connectivity index (χ2v) is 6.82. The van der Waals surface area contributed by atoms with Crippen LogP contribution in [0.2, 0.25) is 0 Å². The van der Waals surface area contributed by atoms with Crippen LogP contribution in [0, 0.1) is 5.41 Å². The van der Waals surface area contributed by atoms with Crippen molar-refractivity contribution in [2.24, 2.45) is 5.41 Å². The van der Waals surface area contributed by atoms with Gasteiger partial charge in [0.15, 0.2) is 0 Å². The molecule has 0 radical (unpaired) electrons. The van der Waals surface area contributed by atoms with Crippen LogP contribution in [0.15, 0.2) is 48.6 Å². The van der Waals surface area contributed by atoms with Gasteiger partial charge in [-0.25, -0.2) is 0 Å². The molecule has 0 amide bonds. The van der Waals surface area contributed by atoms with Crippen LogP contribution in [-0.4, -0.2) is 11.1 Å². The number of hydrogen-bond donors (Lipinski definition) is 1. The Balaban J connectivity index is 3.84. The number of carboxylic acids is 1. The lowest BCUT2D eigenvalue weighted by Crippen LogP contribution is -2.01. The lowest BCUT2D eigenvalue weighted by atomic mass is 9.91. The van der Waals surface area contributed by atoms with E-state index in [-0.39, 0.29) is 11.8 Å². The second kappa shape index (κ2) is 15.0. The van der Waals surface area contributed by atoms with Gasteiger partial charge >= 0.3 is 5.97 Å². The summed E-state index contributed by atoms with van der Waals surface area (Å²) in [4.78, 5) is 10.4. The van der Waals surface area contributed by atoms with E-state index in [1.807, 2.05) is 0 Å². The van der Waals surface area contributed by atoms with Crippen molar-refractivity contribution >= 4 is 5.97 Å². The Morgan fingerprint density at radius 3 is 2.08 bits per heavy atom. The molecule has 2 nitrogen and oxygen atoms in total. The fourth-order valence-corrected chi connectivity index (χ4v) is 2.26. The number of aliphatic carboxylic acids is 1. The van der Waals surface area contributed by atoms with E-state index in [9.17, 15) is 4.79 Å². The third-order valence-electron chi connectivity index (χ3n) is 3.71. The van der Waals surface area contributed by atoms with Crippen molar-refractivity contribution < 1.29 is 9.90 Å². The second-order valence-electron chi connectivity index (χ2n) is 6.82. The zero-order valence-electron chi connectivity index (χ0n) is 15.8. The van der Waals surface area contributed by atoms with Gasteiger partial charge in [0.1, 0.15) is 0 Å². The minimum atomic E-state index is -0.717. The minimum absolute atomic E-state index is 0.0241. The molecule has 0 rings (SSSR count). The molecule has 0 heterocycles. The molecule has 2 heteroatoms. The first kappa shape index (κ1) is 22.4. The summed E-state index contributed by atoms with van der Waals surface area (Å²) in [6.45, 7) is 6.57. The van der Waals surface area contributed by atoms with Crippen LogP contribution in [0.5, 0.6) is 0 Å². The fourth-order valence-electron chi connectivity index (χ4n) is 2.26. The first-order chi connectivity index (χ1) is 11.5. The maximum atomic E-state index is 10.4. The van der Waals surface area contributed by atoms with Crippen LogP contribution in [-0.2, 0) is 4.79 Å². The molecule has 0 saturated carbocycles. The van der Waals surface area contributed by atoms with Crippen LogP contribution < -0.4 is 0 Å². The maximum Gasteiger partial charge on any atom is 0.303 e. The molecule has 0 aliphatic heterocycles. The lowest BCUT2D eigenvalue weighted by Gasteiger charge is -2.14. The number of carboxylic acid groups (broad SMARTS) is 1. The van der Waals surface area contributed by atoms with Crippen molar-refractivity contribution in [3.63, 3.8) is 0 Å². The van der Waals surface area contributed by atoms with Crippen molar-refractivity contribution in [2.45, 2.75) is 78.6 Å². The van der Waals surface area contributed by atoms with Gasteiger partial charge in [0.25, 0.3) is 0 Å². The van der Waals surface area contributed by atoms with Crippen LogP contribution in [0.3, 0.4) is 0 Å². The standard InChI is InChI=1S/C22H36O2/c1-4-5-6-7-8-9-10-11-12-13-16-19-22(2,3)20-17-14-15-18-21(23)24/h8-9,11-12,16-17,19-20H,4-7,10,13-15,18H2,1-3H3,(H,23,24). The van der Waals surface area contributed by atoms with Gasteiger partial charge in [-0.05, 0) is 38.5 Å². The average Bonchev–Trinajstić information content (AvgIpc) is 2.52. The van der Waals surface area contributed by atoms with Crippen molar-refractivity contribution in [3.8, 4) is 0 Å². The summed E-state index contributed by atoms with van der Waals surface area (Å²) in [7, 11) is 0. The largest absolute Gasteiger partial charge is 0.481 e. The number of hydrogen-bond acceptors (Lipinski definition) is 1. The normalized spacial score (nSPS) is 13.1. The number of carbonyl (C=O) groups is 1. The molecule has 0 aliphatic carbocycles. The number of rotatable bonds is 14. The first-order valence-electron chi connectivity index (χ1n) is 9.35. The van der Waals surface area contributed by atoms with Gasteiger partial charge in [0.2, 0.25) is 0 Å². The highest BCUT2D eigenvalue weighted by molar-refractivity contribution is 5.66. The van der Waals surface area contributed by atoms with Crippen LogP contribution in [0.4, 0.5) is 0 Å². The topological polar surface area (TPSA) is 37.3 Å². The van der Waals surface area contributed by atoms with E-state index in [1.165, 1.54) is 25.7 Å². The molecule has 0 atom stereocenters. The van der Waals surface area contributed by atoms with Gasteiger partial charge in [-0.2, -0.15) is 0 Å². The molecule has 0 fully saturated rings. The lowest BCUT2D eigenvalue weighted by molar-refractivity contribution is -0.137. The summed E-state index contributed by atoms with van der Waals surface area (Å²) >= 11 is 0. The van der Waals surface area contributed by atoms with Crippen LogP contribution in [0.1, 0.15) is 78.6 Å². The number of allylic oxidation sites excluding steroid dienone is 8.